The zero-order chi connectivity index (χ0) is 20.1. The first kappa shape index (κ1) is 20.2. The van der Waals surface area contributed by atoms with Crippen molar-refractivity contribution in [2.75, 3.05) is 13.2 Å². The van der Waals surface area contributed by atoms with Gasteiger partial charge in [-0.2, -0.15) is 0 Å². The molecule has 2 saturated heterocycles. The summed E-state index contributed by atoms with van der Waals surface area (Å²) in [4.78, 5) is 0. The van der Waals surface area contributed by atoms with Gasteiger partial charge in [-0.1, -0.05) is 38.1 Å². The Morgan fingerprint density at radius 3 is 1.41 bits per heavy atom. The fourth-order valence-electron chi connectivity index (χ4n) is 3.98. The third kappa shape index (κ3) is 5.12. The van der Waals surface area contributed by atoms with Gasteiger partial charge in [0.25, 0.3) is 0 Å². The van der Waals surface area contributed by atoms with E-state index in [1.54, 1.807) is 0 Å². The molecule has 2 fully saturated rings. The normalized spacial score (nSPS) is 22.8. The standard InChI is InChI=1S/C25H32O4/c1-25(2,19-9-13-21(14-10-19)28-23-7-3-5-17-26-23)20-11-15-22(16-12-20)29-24-8-4-6-18-27-24/h9-16,23-24H,3-8,17-18H2,1-2H3. The molecule has 4 nitrogen and oxygen atoms in total. The van der Waals surface area contributed by atoms with Crippen LogP contribution in [0.1, 0.15) is 63.5 Å². The molecule has 0 aromatic heterocycles. The Labute approximate surface area is 174 Å². The fourth-order valence-corrected chi connectivity index (χ4v) is 3.98. The van der Waals surface area contributed by atoms with Crippen LogP contribution in [0.3, 0.4) is 0 Å². The lowest BCUT2D eigenvalue weighted by Crippen LogP contribution is -2.25. The van der Waals surface area contributed by atoms with Gasteiger partial charge in [-0.3, -0.25) is 0 Å². The van der Waals surface area contributed by atoms with Gasteiger partial charge in [0.1, 0.15) is 11.5 Å². The van der Waals surface area contributed by atoms with Crippen molar-refractivity contribution in [3.63, 3.8) is 0 Å². The van der Waals surface area contributed by atoms with Crippen molar-refractivity contribution in [2.24, 2.45) is 0 Å². The Hall–Kier alpha value is -2.04. The van der Waals surface area contributed by atoms with E-state index in [2.05, 4.69) is 38.1 Å². The Kier molecular flexibility index (Phi) is 6.41. The van der Waals surface area contributed by atoms with Gasteiger partial charge in [-0.05, 0) is 61.1 Å². The molecule has 0 radical (unpaired) electrons. The van der Waals surface area contributed by atoms with Crippen molar-refractivity contribution in [3.05, 3.63) is 59.7 Å². The summed E-state index contributed by atoms with van der Waals surface area (Å²) in [6.07, 6.45) is 6.31. The molecule has 0 saturated carbocycles. The van der Waals surface area contributed by atoms with Crippen molar-refractivity contribution in [3.8, 4) is 11.5 Å². The molecule has 4 rings (SSSR count). The van der Waals surface area contributed by atoms with Gasteiger partial charge < -0.3 is 18.9 Å². The summed E-state index contributed by atoms with van der Waals surface area (Å²) >= 11 is 0. The largest absolute Gasteiger partial charge is 0.465 e. The number of hydrogen-bond donors (Lipinski definition) is 0. The minimum absolute atomic E-state index is 0.108. The quantitative estimate of drug-likeness (QED) is 0.616. The summed E-state index contributed by atoms with van der Waals surface area (Å²) in [7, 11) is 0. The summed E-state index contributed by atoms with van der Waals surface area (Å²) in [5.41, 5.74) is 2.39. The van der Waals surface area contributed by atoms with Crippen LogP contribution in [0.15, 0.2) is 48.5 Å². The molecule has 2 unspecified atom stereocenters. The third-order valence-electron chi connectivity index (χ3n) is 5.96. The molecule has 2 atom stereocenters. The van der Waals surface area contributed by atoms with E-state index in [0.717, 1.165) is 50.4 Å². The maximum absolute atomic E-state index is 5.97. The van der Waals surface area contributed by atoms with Crippen molar-refractivity contribution in [1.29, 1.82) is 0 Å². The van der Waals surface area contributed by atoms with Crippen LogP contribution in [0.5, 0.6) is 11.5 Å². The van der Waals surface area contributed by atoms with Gasteiger partial charge in [0.2, 0.25) is 0 Å². The molecule has 0 N–H and O–H groups in total. The van der Waals surface area contributed by atoms with Crippen molar-refractivity contribution >= 4 is 0 Å². The second kappa shape index (κ2) is 9.19. The lowest BCUT2D eigenvalue weighted by atomic mass is 9.78. The zero-order valence-corrected chi connectivity index (χ0v) is 17.6. The van der Waals surface area contributed by atoms with E-state index in [-0.39, 0.29) is 18.0 Å². The maximum atomic E-state index is 5.97. The van der Waals surface area contributed by atoms with E-state index in [4.69, 9.17) is 18.9 Å². The molecular formula is C25H32O4. The second-order valence-electron chi connectivity index (χ2n) is 8.50. The Morgan fingerprint density at radius 2 is 1.07 bits per heavy atom. The summed E-state index contributed by atoms with van der Waals surface area (Å²) in [5, 5.41) is 0. The van der Waals surface area contributed by atoms with Gasteiger partial charge in [-0.15, -0.1) is 0 Å². The lowest BCUT2D eigenvalue weighted by Gasteiger charge is -2.28. The molecule has 2 aliphatic rings. The highest BCUT2D eigenvalue weighted by molar-refractivity contribution is 5.41. The topological polar surface area (TPSA) is 36.9 Å². The predicted octanol–water partition coefficient (Wildman–Crippen LogP) is 5.82. The highest BCUT2D eigenvalue weighted by Crippen LogP contribution is 2.34. The minimum Gasteiger partial charge on any atom is -0.465 e. The van der Waals surface area contributed by atoms with Crippen LogP contribution in [-0.4, -0.2) is 25.8 Å². The fraction of sp³-hybridized carbons (Fsp3) is 0.520. The first-order valence-corrected chi connectivity index (χ1v) is 10.9. The van der Waals surface area contributed by atoms with Crippen LogP contribution in [0.25, 0.3) is 0 Å². The van der Waals surface area contributed by atoms with Gasteiger partial charge in [0.05, 0.1) is 13.2 Å². The van der Waals surface area contributed by atoms with Gasteiger partial charge in [0, 0.05) is 18.3 Å². The highest BCUT2D eigenvalue weighted by atomic mass is 16.7. The van der Waals surface area contributed by atoms with Crippen molar-refractivity contribution in [1.82, 2.24) is 0 Å². The monoisotopic (exact) mass is 396 g/mol. The van der Waals surface area contributed by atoms with Crippen LogP contribution >= 0.6 is 0 Å². The molecule has 2 heterocycles. The molecule has 0 bridgehead atoms. The molecule has 0 amide bonds. The van der Waals surface area contributed by atoms with Crippen LogP contribution in [0.4, 0.5) is 0 Å². The zero-order valence-electron chi connectivity index (χ0n) is 17.6. The van der Waals surface area contributed by atoms with Crippen LogP contribution in [-0.2, 0) is 14.9 Å². The van der Waals surface area contributed by atoms with Crippen LogP contribution < -0.4 is 9.47 Å². The average molecular weight is 397 g/mol. The Bertz CT molecular complexity index is 689. The van der Waals surface area contributed by atoms with Crippen LogP contribution in [0, 0.1) is 0 Å². The number of ether oxygens (including phenoxy) is 4. The Morgan fingerprint density at radius 1 is 0.655 bits per heavy atom. The van der Waals surface area contributed by atoms with E-state index in [1.807, 2.05) is 24.3 Å². The predicted molar refractivity (Wildman–Crippen MR) is 113 cm³/mol. The maximum Gasteiger partial charge on any atom is 0.199 e. The molecule has 2 aromatic rings. The Balaban J connectivity index is 1.40. The number of benzene rings is 2. The van der Waals surface area contributed by atoms with E-state index in [9.17, 15) is 0 Å². The van der Waals surface area contributed by atoms with E-state index in [1.165, 1.54) is 24.0 Å². The summed E-state index contributed by atoms with van der Waals surface area (Å²) < 4.78 is 23.3. The molecule has 29 heavy (non-hydrogen) atoms. The van der Waals surface area contributed by atoms with Gasteiger partial charge in [0.15, 0.2) is 12.6 Å². The number of hydrogen-bond acceptors (Lipinski definition) is 4. The first-order valence-electron chi connectivity index (χ1n) is 10.9. The van der Waals surface area contributed by atoms with E-state index < -0.39 is 0 Å². The SMILES string of the molecule is CC(C)(c1ccc(OC2CCCCO2)cc1)c1ccc(OC2CCCCO2)cc1. The first-order chi connectivity index (χ1) is 14.1. The van der Waals surface area contributed by atoms with Crippen molar-refractivity contribution in [2.45, 2.75) is 70.4 Å². The summed E-state index contributed by atoms with van der Waals surface area (Å²) in [6.45, 7) is 6.07. The molecule has 2 aliphatic heterocycles. The molecular weight excluding hydrogens is 364 g/mol. The number of rotatable bonds is 6. The molecule has 2 aromatic carbocycles. The average Bonchev–Trinajstić information content (AvgIpc) is 2.76. The second-order valence-corrected chi connectivity index (χ2v) is 8.50. The summed E-state index contributed by atoms with van der Waals surface area (Å²) in [5.74, 6) is 1.74. The van der Waals surface area contributed by atoms with Crippen molar-refractivity contribution < 1.29 is 18.9 Å². The summed E-state index contributed by atoms with van der Waals surface area (Å²) in [6, 6.07) is 16.8. The van der Waals surface area contributed by atoms with Crippen LogP contribution in [0.2, 0.25) is 0 Å². The molecule has 0 spiro atoms. The molecule has 0 aliphatic carbocycles. The van der Waals surface area contributed by atoms with Gasteiger partial charge >= 0.3 is 0 Å². The lowest BCUT2D eigenvalue weighted by molar-refractivity contribution is -0.106. The van der Waals surface area contributed by atoms with E-state index >= 15 is 0 Å². The molecule has 4 heteroatoms. The third-order valence-corrected chi connectivity index (χ3v) is 5.96. The van der Waals surface area contributed by atoms with Gasteiger partial charge in [-0.25, -0.2) is 0 Å². The highest BCUT2D eigenvalue weighted by Gasteiger charge is 2.24. The minimum atomic E-state index is -0.111. The molecule has 156 valence electrons. The van der Waals surface area contributed by atoms with E-state index in [0.29, 0.717) is 0 Å². The smallest absolute Gasteiger partial charge is 0.199 e.